The molecule has 2 fully saturated rings. The van der Waals surface area contributed by atoms with E-state index in [4.69, 9.17) is 11.6 Å². The molecule has 4 aliphatic heterocycles. The van der Waals surface area contributed by atoms with Gasteiger partial charge in [0, 0.05) is 0 Å². The third-order valence-electron chi connectivity index (χ3n) is 5.82. The molecule has 0 aliphatic carbocycles. The van der Waals surface area contributed by atoms with Gasteiger partial charge in [-0.1, -0.05) is 0 Å². The van der Waals surface area contributed by atoms with Gasteiger partial charge < -0.3 is 0 Å². The average Bonchev–Trinajstić information content (AvgIpc) is 3.55. The van der Waals surface area contributed by atoms with Crippen LogP contribution in [0.2, 0.25) is 5.02 Å². The monoisotopic (exact) mass is 494 g/mol. The van der Waals surface area contributed by atoms with Gasteiger partial charge in [-0.05, 0) is 0 Å². The van der Waals surface area contributed by atoms with Gasteiger partial charge in [0.2, 0.25) is 0 Å². The summed E-state index contributed by atoms with van der Waals surface area (Å²) in [5, 5.41) is 0.853. The van der Waals surface area contributed by atoms with Crippen molar-refractivity contribution in [2.75, 3.05) is 30.6 Å². The van der Waals surface area contributed by atoms with Gasteiger partial charge in [0.1, 0.15) is 0 Å². The van der Waals surface area contributed by atoms with E-state index in [0.717, 1.165) is 11.4 Å². The summed E-state index contributed by atoms with van der Waals surface area (Å²) >= 11 is 7.71. The topological polar surface area (TPSA) is 6.48 Å². The summed E-state index contributed by atoms with van der Waals surface area (Å²) in [5.41, 5.74) is 2.89. The molecule has 4 aliphatic rings. The minimum atomic E-state index is -0.515. The Morgan fingerprint density at radius 2 is 1.81 bits per heavy atom. The molecule has 2 aromatic carbocycles. The second kappa shape index (κ2) is 6.16. The quantitative estimate of drug-likeness (QED) is 0.313. The van der Waals surface area contributed by atoms with Gasteiger partial charge >= 0.3 is 172 Å². The third-order valence-corrected chi connectivity index (χ3v) is 12.4. The summed E-state index contributed by atoms with van der Waals surface area (Å²) in [6, 6.07) is 15.8. The zero-order valence-corrected chi connectivity index (χ0v) is 18.1. The van der Waals surface area contributed by atoms with E-state index in [1.165, 1.54) is 47.1 Å². The van der Waals surface area contributed by atoms with E-state index in [-0.39, 0.29) is 0 Å². The number of hydrogen-bond acceptors (Lipinski definition) is 3. The summed E-state index contributed by atoms with van der Waals surface area (Å²) in [5.74, 6) is 0. The van der Waals surface area contributed by atoms with E-state index in [2.05, 4.69) is 46.2 Å². The normalized spacial score (nSPS) is 25.3. The van der Waals surface area contributed by atoms with Crippen LogP contribution in [0.3, 0.4) is 0 Å². The van der Waals surface area contributed by atoms with E-state index in [9.17, 15) is 0 Å². The standard InChI is InChI=1S/C21H20ClIN2S/c22-15-5-6-19-14(11-15)12-18(16-3-1-2-4-20(16)26-19)24-7-9-25(10-8-24)21-17-13-23(17)21/h1-6,11,18H,7-10,12-13H2. The van der Waals surface area contributed by atoms with Crippen LogP contribution in [0.1, 0.15) is 17.2 Å². The molecular weight excluding hydrogens is 475 g/mol. The Hall–Kier alpha value is -0.690. The molecule has 1 unspecified atom stereocenters. The van der Waals surface area contributed by atoms with Crippen LogP contribution in [0.5, 0.6) is 0 Å². The Morgan fingerprint density at radius 3 is 2.58 bits per heavy atom. The summed E-state index contributed by atoms with van der Waals surface area (Å²) in [6.45, 7) is 4.81. The van der Waals surface area contributed by atoms with E-state index in [0.29, 0.717) is 6.04 Å². The van der Waals surface area contributed by atoms with Crippen LogP contribution < -0.4 is 0 Å². The molecule has 4 heterocycles. The average molecular weight is 495 g/mol. The number of hydrogen-bond donors (Lipinski definition) is 0. The maximum absolute atomic E-state index is 6.32. The zero-order chi connectivity index (χ0) is 17.3. The summed E-state index contributed by atoms with van der Waals surface area (Å²) < 4.78 is 5.30. The van der Waals surface area contributed by atoms with Crippen LogP contribution in [0.25, 0.3) is 0 Å². The van der Waals surface area contributed by atoms with Gasteiger partial charge in [-0.25, -0.2) is 0 Å². The van der Waals surface area contributed by atoms with Crippen LogP contribution in [0.4, 0.5) is 0 Å². The van der Waals surface area contributed by atoms with Crippen molar-refractivity contribution < 1.29 is 0 Å². The molecule has 2 saturated heterocycles. The molecule has 1 atom stereocenters. The molecule has 0 spiro atoms. The van der Waals surface area contributed by atoms with Gasteiger partial charge in [-0.15, -0.1) is 0 Å². The van der Waals surface area contributed by atoms with Crippen molar-refractivity contribution in [2.45, 2.75) is 22.3 Å². The number of halogens is 2. The number of fused-ring (bicyclic) bond motifs is 3. The molecule has 0 aromatic heterocycles. The van der Waals surface area contributed by atoms with Crippen molar-refractivity contribution in [2.24, 2.45) is 0 Å². The van der Waals surface area contributed by atoms with Crippen molar-refractivity contribution in [1.29, 1.82) is 0 Å². The van der Waals surface area contributed by atoms with E-state index in [1.807, 2.05) is 25.1 Å². The fourth-order valence-electron chi connectivity index (χ4n) is 4.29. The van der Waals surface area contributed by atoms with Gasteiger partial charge in [-0.3, -0.25) is 0 Å². The first-order valence-corrected chi connectivity index (χ1v) is 14.1. The molecule has 0 radical (unpaired) electrons. The molecule has 2 nitrogen and oxygen atoms in total. The number of allylic oxidation sites excluding steroid dienone is 1. The molecule has 26 heavy (non-hydrogen) atoms. The Kier molecular flexibility index (Phi) is 3.86. The Balaban J connectivity index is 1.31. The predicted octanol–water partition coefficient (Wildman–Crippen LogP) is 5.41. The second-order valence-electron chi connectivity index (χ2n) is 7.33. The van der Waals surface area contributed by atoms with E-state index >= 15 is 0 Å². The Labute approximate surface area is 171 Å². The Bertz CT molecular complexity index is 935. The van der Waals surface area contributed by atoms with Gasteiger partial charge in [0.15, 0.2) is 0 Å². The number of benzene rings is 2. The molecule has 0 saturated carbocycles. The number of piperazine rings is 1. The van der Waals surface area contributed by atoms with Gasteiger partial charge in [0.25, 0.3) is 0 Å². The first kappa shape index (κ1) is 16.3. The fraction of sp³-hybridized carbons (Fsp3) is 0.333. The van der Waals surface area contributed by atoms with Crippen molar-refractivity contribution >= 4 is 43.2 Å². The van der Waals surface area contributed by atoms with Crippen molar-refractivity contribution in [3.05, 3.63) is 65.9 Å². The molecule has 0 bridgehead atoms. The molecule has 0 amide bonds. The summed E-state index contributed by atoms with van der Waals surface area (Å²) in [4.78, 5) is 8.19. The van der Waals surface area contributed by atoms with Crippen molar-refractivity contribution in [3.63, 3.8) is 0 Å². The SMILES string of the molecule is Clc1ccc2c(c1)CC(N1CCN(C3=C4CI43)CC1)c1ccccc1S2. The van der Waals surface area contributed by atoms with Crippen molar-refractivity contribution in [1.82, 2.24) is 9.80 Å². The number of rotatable bonds is 2. The summed E-state index contributed by atoms with van der Waals surface area (Å²) in [7, 11) is 0. The molecule has 134 valence electrons. The molecule has 0 N–H and O–H groups in total. The van der Waals surface area contributed by atoms with E-state index in [1.54, 1.807) is 4.43 Å². The van der Waals surface area contributed by atoms with E-state index < -0.39 is 19.8 Å². The molecule has 5 heteroatoms. The first-order valence-electron chi connectivity index (χ1n) is 9.21. The summed E-state index contributed by atoms with van der Waals surface area (Å²) in [6.07, 6.45) is 1.06. The molecule has 2 aromatic rings. The van der Waals surface area contributed by atoms with Crippen LogP contribution in [0, 0.1) is 0 Å². The van der Waals surface area contributed by atoms with Crippen LogP contribution in [0.15, 0.2) is 59.5 Å². The van der Waals surface area contributed by atoms with Crippen LogP contribution in [-0.2, 0) is 6.42 Å². The fourth-order valence-corrected chi connectivity index (χ4v) is 11.0. The van der Waals surface area contributed by atoms with Gasteiger partial charge in [0.05, 0.1) is 0 Å². The van der Waals surface area contributed by atoms with Gasteiger partial charge in [-0.2, -0.15) is 0 Å². The molecular formula is C21H20ClIN2S. The zero-order valence-electron chi connectivity index (χ0n) is 14.4. The number of nitrogens with zero attached hydrogens (tertiary/aromatic N) is 2. The molecule has 6 rings (SSSR count). The second-order valence-corrected chi connectivity index (χ2v) is 14.0. The predicted molar refractivity (Wildman–Crippen MR) is 118 cm³/mol. The maximum atomic E-state index is 6.32. The Morgan fingerprint density at radius 1 is 1.00 bits per heavy atom. The minimum absolute atomic E-state index is 0.464. The number of alkyl halides is 1. The first-order chi connectivity index (χ1) is 12.8. The third kappa shape index (κ3) is 2.72. The van der Waals surface area contributed by atoms with Crippen LogP contribution in [-0.4, -0.2) is 40.4 Å². The van der Waals surface area contributed by atoms with Crippen molar-refractivity contribution in [3.8, 4) is 0 Å². The van der Waals surface area contributed by atoms with Crippen LogP contribution >= 0.6 is 43.2 Å².